The van der Waals surface area contributed by atoms with Crippen molar-refractivity contribution in [3.05, 3.63) is 77.2 Å². The maximum Gasteiger partial charge on any atom is 0.228 e. The summed E-state index contributed by atoms with van der Waals surface area (Å²) in [5.41, 5.74) is 7.22. The third-order valence-electron chi connectivity index (χ3n) is 5.35. The zero-order valence-electron chi connectivity index (χ0n) is 18.3. The van der Waals surface area contributed by atoms with Crippen LogP contribution in [-0.4, -0.2) is 27.1 Å². The second-order valence-electron chi connectivity index (χ2n) is 7.51. The first-order valence-corrected chi connectivity index (χ1v) is 10.4. The predicted octanol–water partition coefficient (Wildman–Crippen LogP) is 4.90. The van der Waals surface area contributed by atoms with Crippen LogP contribution in [0.2, 0.25) is 0 Å². The Kier molecular flexibility index (Phi) is 5.71. The molecule has 0 spiro atoms. The summed E-state index contributed by atoms with van der Waals surface area (Å²) in [4.78, 5) is 17.6. The topological polar surface area (TPSA) is 68.5 Å². The number of carbonyl (C=O) groups excluding carboxylic acids is 1. The van der Waals surface area contributed by atoms with Gasteiger partial charge in [0, 0.05) is 28.2 Å². The van der Waals surface area contributed by atoms with Gasteiger partial charge in [-0.3, -0.25) is 4.79 Å². The monoisotopic (exact) mass is 414 g/mol. The molecule has 1 amide bonds. The van der Waals surface area contributed by atoms with Gasteiger partial charge in [0.2, 0.25) is 5.91 Å². The van der Waals surface area contributed by atoms with E-state index < -0.39 is 0 Å². The highest BCUT2D eigenvalue weighted by Crippen LogP contribution is 2.29. The molecule has 2 aromatic carbocycles. The lowest BCUT2D eigenvalue weighted by atomic mass is 10.1. The standard InChI is InChI=1S/C25H26N4O2/c1-5-31-21-13-11-20(12-14-21)27-23(30)15-22-16(2)26-25-24(19-9-7-6-8-10-19)17(3)28-29(25)18(22)4/h6-14H,5,15H2,1-4H3,(H,27,30). The summed E-state index contributed by atoms with van der Waals surface area (Å²) in [6, 6.07) is 17.5. The first kappa shape index (κ1) is 20.6. The highest BCUT2D eigenvalue weighted by molar-refractivity contribution is 5.92. The van der Waals surface area contributed by atoms with Crippen LogP contribution in [0.5, 0.6) is 5.75 Å². The molecule has 1 N–H and O–H groups in total. The van der Waals surface area contributed by atoms with Gasteiger partial charge in [-0.05, 0) is 57.5 Å². The second kappa shape index (κ2) is 8.60. The molecular weight excluding hydrogens is 388 g/mol. The Balaban J connectivity index is 1.62. The Hall–Kier alpha value is -3.67. The number of amides is 1. The number of anilines is 1. The van der Waals surface area contributed by atoms with Crippen molar-refractivity contribution < 1.29 is 9.53 Å². The van der Waals surface area contributed by atoms with E-state index in [1.165, 1.54) is 0 Å². The molecule has 0 fully saturated rings. The molecule has 4 aromatic rings. The quantitative estimate of drug-likeness (QED) is 0.487. The molecule has 0 bridgehead atoms. The van der Waals surface area contributed by atoms with Crippen LogP contribution in [0.1, 0.15) is 29.6 Å². The van der Waals surface area contributed by atoms with Crippen LogP contribution in [0.3, 0.4) is 0 Å². The fourth-order valence-corrected chi connectivity index (χ4v) is 3.83. The van der Waals surface area contributed by atoms with Gasteiger partial charge in [0.25, 0.3) is 0 Å². The average molecular weight is 415 g/mol. The lowest BCUT2D eigenvalue weighted by molar-refractivity contribution is -0.115. The normalized spacial score (nSPS) is 11.0. The molecule has 31 heavy (non-hydrogen) atoms. The molecule has 0 aliphatic carbocycles. The number of rotatable bonds is 6. The van der Waals surface area contributed by atoms with Gasteiger partial charge >= 0.3 is 0 Å². The number of fused-ring (bicyclic) bond motifs is 1. The van der Waals surface area contributed by atoms with Crippen molar-refractivity contribution in [3.8, 4) is 16.9 Å². The number of aromatic nitrogens is 3. The molecule has 0 radical (unpaired) electrons. The molecule has 0 unspecified atom stereocenters. The SMILES string of the molecule is CCOc1ccc(NC(=O)Cc2c(C)nc3c(-c4ccccc4)c(C)nn3c2C)cc1. The Morgan fingerprint density at radius 1 is 1.00 bits per heavy atom. The van der Waals surface area contributed by atoms with Gasteiger partial charge in [0.1, 0.15) is 5.75 Å². The minimum absolute atomic E-state index is 0.0938. The van der Waals surface area contributed by atoms with E-state index in [9.17, 15) is 4.79 Å². The molecule has 2 heterocycles. The molecule has 0 saturated heterocycles. The maximum atomic E-state index is 12.7. The smallest absolute Gasteiger partial charge is 0.228 e. The van der Waals surface area contributed by atoms with Crippen LogP contribution in [0.4, 0.5) is 5.69 Å². The van der Waals surface area contributed by atoms with Crippen molar-refractivity contribution in [1.82, 2.24) is 14.6 Å². The van der Waals surface area contributed by atoms with Gasteiger partial charge in [0.05, 0.1) is 18.7 Å². The number of hydrogen-bond donors (Lipinski definition) is 1. The summed E-state index contributed by atoms with van der Waals surface area (Å²) >= 11 is 0. The molecule has 4 rings (SSSR count). The second-order valence-corrected chi connectivity index (χ2v) is 7.51. The molecule has 2 aromatic heterocycles. The van der Waals surface area contributed by atoms with E-state index in [2.05, 4.69) is 17.4 Å². The van der Waals surface area contributed by atoms with Crippen LogP contribution in [0.15, 0.2) is 54.6 Å². The van der Waals surface area contributed by atoms with Gasteiger partial charge < -0.3 is 10.1 Å². The van der Waals surface area contributed by atoms with Crippen molar-refractivity contribution in [1.29, 1.82) is 0 Å². The van der Waals surface area contributed by atoms with Crippen molar-refractivity contribution in [2.45, 2.75) is 34.1 Å². The molecule has 0 atom stereocenters. The zero-order chi connectivity index (χ0) is 22.0. The maximum absolute atomic E-state index is 12.7. The summed E-state index contributed by atoms with van der Waals surface area (Å²) in [5.74, 6) is 0.689. The van der Waals surface area contributed by atoms with E-state index in [0.717, 1.165) is 50.9 Å². The van der Waals surface area contributed by atoms with Crippen molar-refractivity contribution in [2.75, 3.05) is 11.9 Å². The van der Waals surface area contributed by atoms with E-state index in [1.807, 2.05) is 74.7 Å². The number of hydrogen-bond acceptors (Lipinski definition) is 4. The summed E-state index contributed by atoms with van der Waals surface area (Å²) in [6.45, 7) is 8.48. The van der Waals surface area contributed by atoms with Crippen LogP contribution in [0, 0.1) is 20.8 Å². The average Bonchev–Trinajstić information content (AvgIpc) is 3.09. The molecule has 0 aliphatic rings. The molecule has 158 valence electrons. The number of benzene rings is 2. The molecule has 0 aliphatic heterocycles. The predicted molar refractivity (Wildman–Crippen MR) is 123 cm³/mol. The number of carbonyl (C=O) groups is 1. The van der Waals surface area contributed by atoms with E-state index in [-0.39, 0.29) is 12.3 Å². The minimum atomic E-state index is -0.0938. The van der Waals surface area contributed by atoms with E-state index in [1.54, 1.807) is 0 Å². The van der Waals surface area contributed by atoms with Crippen LogP contribution < -0.4 is 10.1 Å². The Labute approximate surface area is 181 Å². The van der Waals surface area contributed by atoms with E-state index in [4.69, 9.17) is 14.8 Å². The fraction of sp³-hybridized carbons (Fsp3) is 0.240. The van der Waals surface area contributed by atoms with Crippen LogP contribution in [0.25, 0.3) is 16.8 Å². The Bertz CT molecular complexity index is 1230. The third-order valence-corrected chi connectivity index (χ3v) is 5.35. The highest BCUT2D eigenvalue weighted by Gasteiger charge is 2.19. The molecule has 6 nitrogen and oxygen atoms in total. The molecule has 0 saturated carbocycles. The van der Waals surface area contributed by atoms with Gasteiger partial charge in [-0.2, -0.15) is 5.10 Å². The van der Waals surface area contributed by atoms with Crippen LogP contribution in [-0.2, 0) is 11.2 Å². The number of ether oxygens (including phenoxy) is 1. The Morgan fingerprint density at radius 2 is 1.71 bits per heavy atom. The number of aryl methyl sites for hydroxylation is 3. The number of nitrogens with zero attached hydrogens (tertiary/aromatic N) is 3. The van der Waals surface area contributed by atoms with Crippen molar-refractivity contribution in [3.63, 3.8) is 0 Å². The van der Waals surface area contributed by atoms with Gasteiger partial charge in [-0.1, -0.05) is 30.3 Å². The summed E-state index contributed by atoms with van der Waals surface area (Å²) in [6.07, 6.45) is 0.230. The summed E-state index contributed by atoms with van der Waals surface area (Å²) in [7, 11) is 0. The molecule has 6 heteroatoms. The van der Waals surface area contributed by atoms with Gasteiger partial charge in [0.15, 0.2) is 5.65 Å². The lowest BCUT2D eigenvalue weighted by Gasteiger charge is -2.12. The Morgan fingerprint density at radius 3 is 2.39 bits per heavy atom. The van der Waals surface area contributed by atoms with Crippen LogP contribution >= 0.6 is 0 Å². The molecular formula is C25H26N4O2. The van der Waals surface area contributed by atoms with Crippen molar-refractivity contribution >= 4 is 17.2 Å². The lowest BCUT2D eigenvalue weighted by Crippen LogP contribution is -2.17. The highest BCUT2D eigenvalue weighted by atomic mass is 16.5. The summed E-state index contributed by atoms with van der Waals surface area (Å²) < 4.78 is 7.30. The fourth-order valence-electron chi connectivity index (χ4n) is 3.83. The van der Waals surface area contributed by atoms with E-state index in [0.29, 0.717) is 6.61 Å². The van der Waals surface area contributed by atoms with Crippen molar-refractivity contribution in [2.24, 2.45) is 0 Å². The minimum Gasteiger partial charge on any atom is -0.494 e. The van der Waals surface area contributed by atoms with Gasteiger partial charge in [-0.25, -0.2) is 9.50 Å². The number of nitrogens with one attached hydrogen (secondary N) is 1. The first-order valence-electron chi connectivity index (χ1n) is 10.4. The van der Waals surface area contributed by atoms with E-state index >= 15 is 0 Å². The first-order chi connectivity index (χ1) is 15.0. The zero-order valence-corrected chi connectivity index (χ0v) is 18.3. The summed E-state index contributed by atoms with van der Waals surface area (Å²) in [5, 5.41) is 7.67. The third kappa shape index (κ3) is 4.14. The van der Waals surface area contributed by atoms with Gasteiger partial charge in [-0.15, -0.1) is 0 Å². The largest absolute Gasteiger partial charge is 0.494 e.